The minimum absolute atomic E-state index is 0.0669. The lowest BCUT2D eigenvalue weighted by atomic mass is 9.82. The zero-order chi connectivity index (χ0) is 18.5. The van der Waals surface area contributed by atoms with Crippen molar-refractivity contribution in [2.45, 2.75) is 71.2 Å². The summed E-state index contributed by atoms with van der Waals surface area (Å²) in [4.78, 5) is 23.4. The van der Waals surface area contributed by atoms with Crippen LogP contribution in [0.3, 0.4) is 0 Å². The van der Waals surface area contributed by atoms with Crippen molar-refractivity contribution in [3.05, 3.63) is 0 Å². The summed E-state index contributed by atoms with van der Waals surface area (Å²) in [6.07, 6.45) is -3.98. The van der Waals surface area contributed by atoms with Crippen molar-refractivity contribution in [1.29, 1.82) is 0 Å². The minimum Gasteiger partial charge on any atom is -0.464 e. The van der Waals surface area contributed by atoms with Gasteiger partial charge in [-0.3, -0.25) is 0 Å². The molecule has 0 spiro atoms. The Balaban J connectivity index is 2.30. The molecule has 1 aliphatic rings. The van der Waals surface area contributed by atoms with E-state index in [9.17, 15) is 22.8 Å². The van der Waals surface area contributed by atoms with Gasteiger partial charge < -0.3 is 14.8 Å². The van der Waals surface area contributed by atoms with Gasteiger partial charge in [-0.1, -0.05) is 0 Å². The zero-order valence-corrected chi connectivity index (χ0v) is 14.5. The van der Waals surface area contributed by atoms with Crippen LogP contribution in [0.15, 0.2) is 0 Å². The molecule has 0 bridgehead atoms. The molecule has 1 aliphatic carbocycles. The summed E-state index contributed by atoms with van der Waals surface area (Å²) < 4.78 is 47.9. The molecule has 24 heavy (non-hydrogen) atoms. The molecule has 0 aromatic rings. The van der Waals surface area contributed by atoms with Crippen LogP contribution in [-0.4, -0.2) is 36.5 Å². The van der Waals surface area contributed by atoms with E-state index in [0.29, 0.717) is 12.8 Å². The van der Waals surface area contributed by atoms with E-state index in [1.54, 1.807) is 20.8 Å². The summed E-state index contributed by atoms with van der Waals surface area (Å²) in [5.74, 6) is -1.95. The van der Waals surface area contributed by atoms with Crippen molar-refractivity contribution in [3.63, 3.8) is 0 Å². The van der Waals surface area contributed by atoms with Crippen LogP contribution in [0, 0.1) is 11.8 Å². The second kappa shape index (κ2) is 8.07. The average Bonchev–Trinajstić information content (AvgIpc) is 2.42. The molecule has 0 saturated heterocycles. The lowest BCUT2D eigenvalue weighted by Gasteiger charge is -2.29. The van der Waals surface area contributed by atoms with E-state index in [1.807, 2.05) is 0 Å². The van der Waals surface area contributed by atoms with E-state index in [2.05, 4.69) is 5.32 Å². The Morgan fingerprint density at radius 3 is 2.12 bits per heavy atom. The van der Waals surface area contributed by atoms with Crippen LogP contribution < -0.4 is 5.32 Å². The number of carbonyl (C=O) groups excluding carboxylic acids is 2. The number of nitrogens with one attached hydrogen (secondary N) is 1. The summed E-state index contributed by atoms with van der Waals surface area (Å²) >= 11 is 0. The fourth-order valence-electron chi connectivity index (χ4n) is 2.52. The number of hydrogen-bond acceptors (Lipinski definition) is 4. The summed E-state index contributed by atoms with van der Waals surface area (Å²) in [7, 11) is 0. The maximum absolute atomic E-state index is 12.6. The molecule has 1 N–H and O–H groups in total. The monoisotopic (exact) mass is 353 g/mol. The lowest BCUT2D eigenvalue weighted by molar-refractivity contribution is -0.185. The second-order valence-corrected chi connectivity index (χ2v) is 7.26. The molecule has 5 nitrogen and oxygen atoms in total. The number of alkyl halides is 3. The molecular formula is C16H26F3NO4. The maximum Gasteiger partial charge on any atom is 0.408 e. The third kappa shape index (κ3) is 7.40. The predicted molar refractivity (Wildman–Crippen MR) is 81.3 cm³/mol. The van der Waals surface area contributed by atoms with Gasteiger partial charge in [0, 0.05) is 0 Å². The number of amides is 1. The van der Waals surface area contributed by atoms with Crippen LogP contribution in [0.2, 0.25) is 0 Å². The molecule has 0 aliphatic heterocycles. The molecule has 140 valence electrons. The van der Waals surface area contributed by atoms with Crippen LogP contribution in [0.5, 0.6) is 0 Å². The highest BCUT2D eigenvalue weighted by molar-refractivity contribution is 5.81. The molecule has 0 aromatic carbocycles. The van der Waals surface area contributed by atoms with Gasteiger partial charge >= 0.3 is 18.2 Å². The van der Waals surface area contributed by atoms with Crippen molar-refractivity contribution in [1.82, 2.24) is 5.32 Å². The van der Waals surface area contributed by atoms with E-state index in [4.69, 9.17) is 9.47 Å². The second-order valence-electron chi connectivity index (χ2n) is 7.26. The quantitative estimate of drug-likeness (QED) is 0.781. The van der Waals surface area contributed by atoms with Crippen molar-refractivity contribution in [3.8, 4) is 0 Å². The van der Waals surface area contributed by atoms with Crippen molar-refractivity contribution >= 4 is 12.1 Å². The SMILES string of the molecule is C[C@H](NC(=O)OC(C)(C)C)C(=O)OC[C@H]1CC[C@H](C(F)(F)F)CC1. The van der Waals surface area contributed by atoms with Crippen LogP contribution in [-0.2, 0) is 14.3 Å². The molecule has 0 radical (unpaired) electrons. The van der Waals surface area contributed by atoms with Gasteiger partial charge in [-0.15, -0.1) is 0 Å². The van der Waals surface area contributed by atoms with Gasteiger partial charge in [-0.2, -0.15) is 13.2 Å². The Morgan fingerprint density at radius 2 is 1.67 bits per heavy atom. The molecule has 1 amide bonds. The van der Waals surface area contributed by atoms with Gasteiger partial charge in [0.15, 0.2) is 0 Å². The summed E-state index contributed by atoms with van der Waals surface area (Å²) in [5.41, 5.74) is -0.676. The first-order chi connectivity index (χ1) is 10.9. The van der Waals surface area contributed by atoms with E-state index in [0.717, 1.165) is 0 Å². The lowest BCUT2D eigenvalue weighted by Crippen LogP contribution is -2.42. The average molecular weight is 353 g/mol. The smallest absolute Gasteiger partial charge is 0.408 e. The standard InChI is InChI=1S/C16H26F3NO4/c1-10(20-14(22)24-15(2,3)4)13(21)23-9-11-5-7-12(8-6-11)16(17,18)19/h10-12H,5-9H2,1-4H3,(H,20,22)/t10-,11-,12-/m0/s1. The topological polar surface area (TPSA) is 64.6 Å². The van der Waals surface area contributed by atoms with E-state index in [1.165, 1.54) is 6.92 Å². The number of halogens is 3. The Morgan fingerprint density at radius 1 is 1.12 bits per heavy atom. The summed E-state index contributed by atoms with van der Waals surface area (Å²) in [6, 6.07) is -0.883. The Labute approximate surface area is 140 Å². The van der Waals surface area contributed by atoms with Gasteiger partial charge in [0.25, 0.3) is 0 Å². The Kier molecular flexibility index (Phi) is 6.92. The van der Waals surface area contributed by atoms with Crippen molar-refractivity contribution in [2.24, 2.45) is 11.8 Å². The third-order valence-corrected chi connectivity index (χ3v) is 3.86. The molecule has 8 heteroatoms. The number of hydrogen-bond donors (Lipinski definition) is 1. The number of carbonyl (C=O) groups is 2. The predicted octanol–water partition coefficient (Wildman–Crippen LogP) is 3.81. The largest absolute Gasteiger partial charge is 0.464 e. The first kappa shape index (κ1) is 20.6. The maximum atomic E-state index is 12.6. The summed E-state index contributed by atoms with van der Waals surface area (Å²) in [5, 5.41) is 2.37. The van der Waals surface area contributed by atoms with Crippen LogP contribution in [0.1, 0.15) is 53.4 Å². The third-order valence-electron chi connectivity index (χ3n) is 3.86. The Hall–Kier alpha value is -1.47. The highest BCUT2D eigenvalue weighted by Crippen LogP contribution is 2.39. The summed E-state index contributed by atoms with van der Waals surface area (Å²) in [6.45, 7) is 6.64. The van der Waals surface area contributed by atoms with Gasteiger partial charge in [-0.05, 0) is 59.3 Å². The Bertz CT molecular complexity index is 438. The van der Waals surface area contributed by atoms with Gasteiger partial charge in [0.05, 0.1) is 12.5 Å². The van der Waals surface area contributed by atoms with Crippen LogP contribution in [0.25, 0.3) is 0 Å². The first-order valence-corrected chi connectivity index (χ1v) is 8.11. The molecule has 1 rings (SSSR count). The zero-order valence-electron chi connectivity index (χ0n) is 14.5. The van der Waals surface area contributed by atoms with Crippen LogP contribution in [0.4, 0.5) is 18.0 Å². The van der Waals surface area contributed by atoms with Gasteiger partial charge in [-0.25, -0.2) is 9.59 Å². The van der Waals surface area contributed by atoms with Gasteiger partial charge in [0.1, 0.15) is 11.6 Å². The first-order valence-electron chi connectivity index (χ1n) is 8.11. The fourth-order valence-corrected chi connectivity index (χ4v) is 2.52. The molecule has 1 fully saturated rings. The van der Waals surface area contributed by atoms with Gasteiger partial charge in [0.2, 0.25) is 0 Å². The van der Waals surface area contributed by atoms with Crippen LogP contribution >= 0.6 is 0 Å². The van der Waals surface area contributed by atoms with Crippen molar-refractivity contribution < 1.29 is 32.2 Å². The highest BCUT2D eigenvalue weighted by atomic mass is 19.4. The van der Waals surface area contributed by atoms with E-state index in [-0.39, 0.29) is 25.4 Å². The van der Waals surface area contributed by atoms with Crippen molar-refractivity contribution in [2.75, 3.05) is 6.61 Å². The van der Waals surface area contributed by atoms with E-state index < -0.39 is 35.8 Å². The molecule has 0 unspecified atom stereocenters. The minimum atomic E-state index is -4.15. The fraction of sp³-hybridized carbons (Fsp3) is 0.875. The normalized spacial score (nSPS) is 23.3. The number of rotatable bonds is 4. The van der Waals surface area contributed by atoms with E-state index >= 15 is 0 Å². The molecule has 0 aromatic heterocycles. The number of alkyl carbamates (subject to hydrolysis) is 1. The number of ether oxygens (including phenoxy) is 2. The molecule has 1 atom stereocenters. The molecule has 0 heterocycles. The molecule has 1 saturated carbocycles. The molecular weight excluding hydrogens is 327 g/mol. The number of esters is 1. The highest BCUT2D eigenvalue weighted by Gasteiger charge is 2.41.